The molecule has 1 atom stereocenters. The monoisotopic (exact) mass is 483 g/mol. The van der Waals surface area contributed by atoms with Crippen LogP contribution in [0.25, 0.3) is 10.2 Å². The molecular weight excluding hydrogens is 458 g/mol. The summed E-state index contributed by atoms with van der Waals surface area (Å²) in [5.41, 5.74) is 3.59. The average Bonchev–Trinajstić information content (AvgIpc) is 3.46. The van der Waals surface area contributed by atoms with Gasteiger partial charge >= 0.3 is 0 Å². The summed E-state index contributed by atoms with van der Waals surface area (Å²) in [5, 5.41) is 3.18. The first-order valence-corrected chi connectivity index (χ1v) is 13.5. The third kappa shape index (κ3) is 4.39. The second kappa shape index (κ2) is 8.22. The molecule has 2 aromatic carbocycles. The fraction of sp³-hybridized carbons (Fsp3) is 0.375. The van der Waals surface area contributed by atoms with Crippen molar-refractivity contribution in [1.29, 1.82) is 0 Å². The third-order valence-electron chi connectivity index (χ3n) is 6.18. The molecule has 1 N–H and O–H groups in total. The highest BCUT2D eigenvalue weighted by Gasteiger charge is 2.39. The van der Waals surface area contributed by atoms with Crippen LogP contribution in [0.5, 0.6) is 0 Å². The third-order valence-corrected chi connectivity index (χ3v) is 8.83. The number of sulfone groups is 1. The molecule has 9 heteroatoms. The lowest BCUT2D eigenvalue weighted by molar-refractivity contribution is -0.120. The summed E-state index contributed by atoms with van der Waals surface area (Å²) in [5.74, 6) is -0.425. The number of thiazole rings is 1. The van der Waals surface area contributed by atoms with E-state index in [1.807, 2.05) is 36.9 Å². The van der Waals surface area contributed by atoms with Crippen molar-refractivity contribution in [2.75, 3.05) is 16.0 Å². The number of nitrogens with one attached hydrogen (secondary N) is 1. The van der Waals surface area contributed by atoms with Gasteiger partial charge in [-0.05, 0) is 74.6 Å². The highest BCUT2D eigenvalue weighted by molar-refractivity contribution is 7.91. The van der Waals surface area contributed by atoms with Crippen LogP contribution in [0.3, 0.4) is 0 Å². The molecule has 1 aliphatic heterocycles. The van der Waals surface area contributed by atoms with Gasteiger partial charge < -0.3 is 10.2 Å². The Hall–Kier alpha value is -2.78. The summed E-state index contributed by atoms with van der Waals surface area (Å²) in [6.07, 6.45) is 2.34. The van der Waals surface area contributed by atoms with Crippen LogP contribution in [0.2, 0.25) is 0 Å². The van der Waals surface area contributed by atoms with Crippen molar-refractivity contribution in [2.45, 2.75) is 50.5 Å². The van der Waals surface area contributed by atoms with Crippen molar-refractivity contribution in [1.82, 2.24) is 4.98 Å². The molecule has 1 fully saturated rings. The van der Waals surface area contributed by atoms with Crippen LogP contribution < -0.4 is 10.2 Å². The zero-order valence-corrected chi connectivity index (χ0v) is 20.1. The number of anilines is 2. The van der Waals surface area contributed by atoms with Crippen molar-refractivity contribution in [2.24, 2.45) is 5.92 Å². The summed E-state index contributed by atoms with van der Waals surface area (Å²) in [4.78, 5) is 31.4. The van der Waals surface area contributed by atoms with Gasteiger partial charge in [0.1, 0.15) is 0 Å². The van der Waals surface area contributed by atoms with Gasteiger partial charge in [0, 0.05) is 24.1 Å². The van der Waals surface area contributed by atoms with Gasteiger partial charge in [-0.3, -0.25) is 9.59 Å². The minimum absolute atomic E-state index is 0.0226. The van der Waals surface area contributed by atoms with Crippen LogP contribution in [-0.4, -0.2) is 37.0 Å². The Morgan fingerprint density at radius 3 is 2.73 bits per heavy atom. The molecule has 3 aromatic rings. The molecule has 7 nitrogen and oxygen atoms in total. The number of fused-ring (bicyclic) bond motifs is 2. The number of carbonyl (C=O) groups excluding carboxylic acids is 2. The minimum Gasteiger partial charge on any atom is -0.309 e. The SMILES string of the molecule is Cc1ccc2nc(NC(=O)CCS(=O)(=O)c3ccc4c(c3)CC(C)N4C(=O)C3CC3)sc2c1. The maximum atomic E-state index is 12.9. The Balaban J connectivity index is 1.25. The average molecular weight is 484 g/mol. The summed E-state index contributed by atoms with van der Waals surface area (Å²) < 4.78 is 26.8. The van der Waals surface area contributed by atoms with Crippen molar-refractivity contribution in [3.05, 3.63) is 47.5 Å². The lowest BCUT2D eigenvalue weighted by Gasteiger charge is -2.22. The molecule has 33 heavy (non-hydrogen) atoms. The Labute approximate surface area is 196 Å². The molecule has 172 valence electrons. The molecule has 1 aromatic heterocycles. The van der Waals surface area contributed by atoms with Crippen LogP contribution in [0, 0.1) is 12.8 Å². The number of nitrogens with zero attached hydrogens (tertiary/aromatic N) is 2. The second-order valence-electron chi connectivity index (χ2n) is 8.93. The van der Waals surface area contributed by atoms with Crippen molar-refractivity contribution in [3.8, 4) is 0 Å². The molecule has 1 aliphatic carbocycles. The molecule has 0 radical (unpaired) electrons. The number of hydrogen-bond donors (Lipinski definition) is 1. The Morgan fingerprint density at radius 1 is 1.18 bits per heavy atom. The van der Waals surface area contributed by atoms with Crippen molar-refractivity contribution < 1.29 is 18.0 Å². The zero-order chi connectivity index (χ0) is 23.3. The zero-order valence-electron chi connectivity index (χ0n) is 18.5. The van der Waals surface area contributed by atoms with Gasteiger partial charge in [0.05, 0.1) is 20.9 Å². The van der Waals surface area contributed by atoms with Crippen molar-refractivity contribution >= 4 is 54.0 Å². The summed E-state index contributed by atoms with van der Waals surface area (Å²) >= 11 is 1.37. The quantitative estimate of drug-likeness (QED) is 0.570. The van der Waals surface area contributed by atoms with E-state index in [1.165, 1.54) is 11.3 Å². The van der Waals surface area contributed by atoms with Gasteiger partial charge in [-0.2, -0.15) is 0 Å². The predicted octanol–water partition coefficient (Wildman–Crippen LogP) is 4.09. The minimum atomic E-state index is -3.64. The largest absolute Gasteiger partial charge is 0.309 e. The molecule has 2 heterocycles. The molecular formula is C24H25N3O4S2. The van der Waals surface area contributed by atoms with E-state index in [-0.39, 0.29) is 40.8 Å². The highest BCUT2D eigenvalue weighted by atomic mass is 32.2. The first-order chi connectivity index (χ1) is 15.7. The number of amides is 2. The number of carbonyl (C=O) groups is 2. The van der Waals surface area contributed by atoms with E-state index in [2.05, 4.69) is 10.3 Å². The van der Waals surface area contributed by atoms with Gasteiger partial charge in [-0.1, -0.05) is 17.4 Å². The van der Waals surface area contributed by atoms with Crippen molar-refractivity contribution in [3.63, 3.8) is 0 Å². The smallest absolute Gasteiger partial charge is 0.230 e. The van der Waals surface area contributed by atoms with Crippen LogP contribution in [0.4, 0.5) is 10.8 Å². The van der Waals surface area contributed by atoms with Gasteiger partial charge in [0.25, 0.3) is 0 Å². The second-order valence-corrected chi connectivity index (χ2v) is 12.1. The Morgan fingerprint density at radius 2 is 1.97 bits per heavy atom. The fourth-order valence-electron chi connectivity index (χ4n) is 4.28. The van der Waals surface area contributed by atoms with Crippen LogP contribution in [-0.2, 0) is 25.8 Å². The Bertz CT molecular complexity index is 1380. The van der Waals surface area contributed by atoms with Gasteiger partial charge in [-0.25, -0.2) is 13.4 Å². The lowest BCUT2D eigenvalue weighted by Crippen LogP contribution is -2.36. The first kappa shape index (κ1) is 22.0. The number of aromatic nitrogens is 1. The number of rotatable bonds is 6. The van der Waals surface area contributed by atoms with Crippen LogP contribution in [0.1, 0.15) is 37.3 Å². The van der Waals surface area contributed by atoms with E-state index in [0.717, 1.165) is 39.9 Å². The lowest BCUT2D eigenvalue weighted by atomic mass is 10.1. The van der Waals surface area contributed by atoms with E-state index in [0.29, 0.717) is 11.6 Å². The summed E-state index contributed by atoms with van der Waals surface area (Å²) in [6, 6.07) is 10.8. The van der Waals surface area contributed by atoms with E-state index >= 15 is 0 Å². The van der Waals surface area contributed by atoms with Gasteiger partial charge in [0.15, 0.2) is 15.0 Å². The molecule has 0 spiro atoms. The summed E-state index contributed by atoms with van der Waals surface area (Å²) in [6.45, 7) is 3.98. The number of benzene rings is 2. The highest BCUT2D eigenvalue weighted by Crippen LogP contribution is 2.39. The number of aryl methyl sites for hydroxylation is 1. The molecule has 2 amide bonds. The van der Waals surface area contributed by atoms with Gasteiger partial charge in [-0.15, -0.1) is 0 Å². The van der Waals surface area contributed by atoms with Crippen LogP contribution in [0.15, 0.2) is 41.3 Å². The van der Waals surface area contributed by atoms with E-state index in [9.17, 15) is 18.0 Å². The topological polar surface area (TPSA) is 96.4 Å². The van der Waals surface area contributed by atoms with Crippen LogP contribution >= 0.6 is 11.3 Å². The van der Waals surface area contributed by atoms with E-state index in [4.69, 9.17) is 0 Å². The normalized spacial score (nSPS) is 17.9. The fourth-order valence-corrected chi connectivity index (χ4v) is 6.54. The van der Waals surface area contributed by atoms with Gasteiger partial charge in [0.2, 0.25) is 11.8 Å². The molecule has 1 saturated carbocycles. The van der Waals surface area contributed by atoms with E-state index < -0.39 is 9.84 Å². The predicted molar refractivity (Wildman–Crippen MR) is 129 cm³/mol. The molecule has 2 aliphatic rings. The number of hydrogen-bond acceptors (Lipinski definition) is 6. The molecule has 1 unspecified atom stereocenters. The summed E-state index contributed by atoms with van der Waals surface area (Å²) in [7, 11) is -3.64. The standard InChI is InChI=1S/C24H25N3O4S2/c1-14-3-7-19-21(11-14)32-24(25-19)26-22(28)9-10-33(30,31)18-6-8-20-17(13-18)12-15(2)27(20)23(29)16-4-5-16/h3,6-8,11,13,15-16H,4-5,9-10,12H2,1-2H3,(H,25,26,28). The maximum absolute atomic E-state index is 12.9. The maximum Gasteiger partial charge on any atom is 0.230 e. The first-order valence-electron chi connectivity index (χ1n) is 11.1. The molecule has 0 bridgehead atoms. The molecule has 0 saturated heterocycles. The van der Waals surface area contributed by atoms with E-state index in [1.54, 1.807) is 18.2 Å². The molecule has 5 rings (SSSR count). The Kier molecular flexibility index (Phi) is 5.49.